The summed E-state index contributed by atoms with van der Waals surface area (Å²) < 4.78 is 26.9. The molecule has 0 saturated carbocycles. The van der Waals surface area contributed by atoms with Gasteiger partial charge in [-0.1, -0.05) is 36.4 Å². The highest BCUT2D eigenvalue weighted by Gasteiger charge is 2.13. The number of nitrogens with one attached hydrogen (secondary N) is 2. The van der Waals surface area contributed by atoms with Gasteiger partial charge in [-0.3, -0.25) is 0 Å². The van der Waals surface area contributed by atoms with Gasteiger partial charge < -0.3 is 5.32 Å². The Labute approximate surface area is 113 Å². The predicted molar refractivity (Wildman–Crippen MR) is 76.5 cm³/mol. The number of rotatable bonds is 5. The first-order valence-corrected chi connectivity index (χ1v) is 7.41. The summed E-state index contributed by atoms with van der Waals surface area (Å²) in [6, 6.07) is 16.1. The molecular formula is C14H16N2O2S. The van der Waals surface area contributed by atoms with Gasteiger partial charge in [0.15, 0.2) is 0 Å². The highest BCUT2D eigenvalue weighted by molar-refractivity contribution is 7.89. The third-order valence-electron chi connectivity index (χ3n) is 2.74. The van der Waals surface area contributed by atoms with Crippen LogP contribution in [-0.2, 0) is 16.6 Å². The minimum atomic E-state index is -3.48. The molecule has 2 N–H and O–H groups in total. The van der Waals surface area contributed by atoms with Gasteiger partial charge in [-0.15, -0.1) is 0 Å². The second kappa shape index (κ2) is 5.86. The molecule has 4 nitrogen and oxygen atoms in total. The molecule has 0 amide bonds. The Bertz CT molecular complexity index is 640. The molecule has 5 heteroatoms. The highest BCUT2D eigenvalue weighted by Crippen LogP contribution is 2.15. The van der Waals surface area contributed by atoms with Crippen LogP contribution >= 0.6 is 0 Å². The van der Waals surface area contributed by atoms with Gasteiger partial charge in [-0.25, -0.2) is 13.1 Å². The normalized spacial score (nSPS) is 11.2. The maximum atomic E-state index is 12.1. The van der Waals surface area contributed by atoms with Crippen LogP contribution in [0.4, 0.5) is 5.69 Å². The average molecular weight is 276 g/mol. The Balaban J connectivity index is 2.14. The van der Waals surface area contributed by atoms with Gasteiger partial charge in [0.2, 0.25) is 10.0 Å². The largest absolute Gasteiger partial charge is 0.388 e. The molecule has 0 atom stereocenters. The molecule has 19 heavy (non-hydrogen) atoms. The van der Waals surface area contributed by atoms with Gasteiger partial charge in [0, 0.05) is 19.3 Å². The number of benzene rings is 2. The molecule has 0 saturated heterocycles. The topological polar surface area (TPSA) is 58.2 Å². The highest BCUT2D eigenvalue weighted by atomic mass is 32.2. The number of hydrogen-bond donors (Lipinski definition) is 2. The van der Waals surface area contributed by atoms with Gasteiger partial charge in [0.25, 0.3) is 0 Å². The number of anilines is 1. The van der Waals surface area contributed by atoms with Crippen LogP contribution in [0.3, 0.4) is 0 Å². The summed E-state index contributed by atoms with van der Waals surface area (Å²) in [4.78, 5) is 0.260. The van der Waals surface area contributed by atoms with E-state index in [4.69, 9.17) is 0 Å². The van der Waals surface area contributed by atoms with Crippen molar-refractivity contribution in [1.29, 1.82) is 0 Å². The summed E-state index contributed by atoms with van der Waals surface area (Å²) in [6.45, 7) is 0.285. The van der Waals surface area contributed by atoms with Crippen LogP contribution in [0.1, 0.15) is 5.56 Å². The van der Waals surface area contributed by atoms with Crippen molar-refractivity contribution < 1.29 is 8.42 Å². The Morgan fingerprint density at radius 3 is 2.42 bits per heavy atom. The van der Waals surface area contributed by atoms with E-state index in [2.05, 4.69) is 10.0 Å². The molecule has 0 radical (unpaired) electrons. The Morgan fingerprint density at radius 2 is 1.74 bits per heavy atom. The fourth-order valence-electron chi connectivity index (χ4n) is 1.68. The van der Waals surface area contributed by atoms with E-state index in [9.17, 15) is 8.42 Å². The van der Waals surface area contributed by atoms with Crippen molar-refractivity contribution in [2.45, 2.75) is 11.4 Å². The van der Waals surface area contributed by atoms with Crippen molar-refractivity contribution in [2.75, 3.05) is 12.4 Å². The molecule has 2 aromatic carbocycles. The van der Waals surface area contributed by atoms with Crippen LogP contribution in [-0.4, -0.2) is 15.5 Å². The maximum absolute atomic E-state index is 12.1. The minimum Gasteiger partial charge on any atom is -0.388 e. The maximum Gasteiger partial charge on any atom is 0.240 e. The van der Waals surface area contributed by atoms with Gasteiger partial charge in [0.05, 0.1) is 4.90 Å². The summed E-state index contributed by atoms with van der Waals surface area (Å²) in [5.41, 5.74) is 1.69. The zero-order valence-electron chi connectivity index (χ0n) is 10.6. The van der Waals surface area contributed by atoms with E-state index in [0.29, 0.717) is 0 Å². The van der Waals surface area contributed by atoms with Crippen LogP contribution in [0.25, 0.3) is 0 Å². The van der Waals surface area contributed by atoms with E-state index in [1.54, 1.807) is 25.2 Å². The molecule has 0 aliphatic rings. The first kappa shape index (κ1) is 13.6. The first-order valence-electron chi connectivity index (χ1n) is 5.93. The summed E-state index contributed by atoms with van der Waals surface area (Å²) >= 11 is 0. The van der Waals surface area contributed by atoms with Gasteiger partial charge in [0.1, 0.15) is 0 Å². The third-order valence-corrected chi connectivity index (χ3v) is 4.14. The fraction of sp³-hybridized carbons (Fsp3) is 0.143. The van der Waals surface area contributed by atoms with Crippen molar-refractivity contribution in [2.24, 2.45) is 0 Å². The molecule has 0 aromatic heterocycles. The summed E-state index contributed by atoms with van der Waals surface area (Å²) in [5.74, 6) is 0. The lowest BCUT2D eigenvalue weighted by molar-refractivity contribution is 0.581. The van der Waals surface area contributed by atoms with E-state index in [1.807, 2.05) is 36.4 Å². The van der Waals surface area contributed by atoms with Crippen molar-refractivity contribution in [1.82, 2.24) is 4.72 Å². The fourth-order valence-corrected chi connectivity index (χ4v) is 2.74. The quantitative estimate of drug-likeness (QED) is 0.880. The summed E-state index contributed by atoms with van der Waals surface area (Å²) in [7, 11) is -1.73. The first-order chi connectivity index (χ1) is 9.12. The number of sulfonamides is 1. The van der Waals surface area contributed by atoms with Crippen LogP contribution in [0.5, 0.6) is 0 Å². The van der Waals surface area contributed by atoms with E-state index < -0.39 is 10.0 Å². The molecule has 100 valence electrons. The molecule has 0 spiro atoms. The van der Waals surface area contributed by atoms with Crippen molar-refractivity contribution in [3.05, 3.63) is 60.2 Å². The molecule has 0 aliphatic carbocycles. The van der Waals surface area contributed by atoms with Crippen molar-refractivity contribution in [3.63, 3.8) is 0 Å². The number of hydrogen-bond acceptors (Lipinski definition) is 3. The van der Waals surface area contributed by atoms with Gasteiger partial charge >= 0.3 is 0 Å². The zero-order valence-corrected chi connectivity index (χ0v) is 11.4. The summed E-state index contributed by atoms with van der Waals surface area (Å²) in [5, 5.41) is 2.92. The Hall–Kier alpha value is -1.85. The SMILES string of the molecule is CNc1cccc(S(=O)(=O)NCc2ccccc2)c1. The van der Waals surface area contributed by atoms with Crippen LogP contribution in [0.15, 0.2) is 59.5 Å². The third kappa shape index (κ3) is 3.56. The minimum absolute atomic E-state index is 0.260. The molecule has 0 fully saturated rings. The molecule has 0 heterocycles. The average Bonchev–Trinajstić information content (AvgIpc) is 2.46. The van der Waals surface area contributed by atoms with Crippen molar-refractivity contribution in [3.8, 4) is 0 Å². The molecule has 2 rings (SSSR count). The van der Waals surface area contributed by atoms with Crippen molar-refractivity contribution >= 4 is 15.7 Å². The van der Waals surface area contributed by atoms with Crippen LogP contribution in [0.2, 0.25) is 0 Å². The van der Waals surface area contributed by atoms with E-state index >= 15 is 0 Å². The monoisotopic (exact) mass is 276 g/mol. The van der Waals surface area contributed by atoms with Gasteiger partial charge in [-0.2, -0.15) is 0 Å². The van der Waals surface area contributed by atoms with Gasteiger partial charge in [-0.05, 0) is 23.8 Å². The molecule has 0 aliphatic heterocycles. The lowest BCUT2D eigenvalue weighted by Crippen LogP contribution is -2.23. The second-order valence-electron chi connectivity index (χ2n) is 4.09. The van der Waals surface area contributed by atoms with E-state index in [0.717, 1.165) is 11.3 Å². The lowest BCUT2D eigenvalue weighted by atomic mass is 10.2. The predicted octanol–water partition coefficient (Wildman–Crippen LogP) is 2.21. The molecule has 0 unspecified atom stereocenters. The Kier molecular flexibility index (Phi) is 4.19. The standard InChI is InChI=1S/C14H16N2O2S/c1-15-13-8-5-9-14(10-13)19(17,18)16-11-12-6-3-2-4-7-12/h2-10,15-16H,11H2,1H3. The van der Waals surface area contributed by atoms with Crippen LogP contribution in [0, 0.1) is 0 Å². The van der Waals surface area contributed by atoms with Crippen LogP contribution < -0.4 is 10.0 Å². The second-order valence-corrected chi connectivity index (χ2v) is 5.85. The molecule has 2 aromatic rings. The molecular weight excluding hydrogens is 260 g/mol. The van der Waals surface area contributed by atoms with E-state index in [-0.39, 0.29) is 11.4 Å². The zero-order chi connectivity index (χ0) is 13.7. The lowest BCUT2D eigenvalue weighted by Gasteiger charge is -2.08. The van der Waals surface area contributed by atoms with E-state index in [1.165, 1.54) is 0 Å². The molecule has 0 bridgehead atoms. The Morgan fingerprint density at radius 1 is 1.00 bits per heavy atom. The summed E-state index contributed by atoms with van der Waals surface area (Å²) in [6.07, 6.45) is 0. The smallest absolute Gasteiger partial charge is 0.240 e.